The summed E-state index contributed by atoms with van der Waals surface area (Å²) in [7, 11) is 0. The van der Waals surface area contributed by atoms with Gasteiger partial charge < -0.3 is 14.6 Å². The van der Waals surface area contributed by atoms with E-state index in [-0.39, 0.29) is 24.9 Å². The summed E-state index contributed by atoms with van der Waals surface area (Å²) in [6, 6.07) is 8.15. The number of fused-ring (bicyclic) bond motifs is 1. The van der Waals surface area contributed by atoms with E-state index < -0.39 is 17.6 Å². The molecular formula is C20H20F2O4. The highest BCUT2D eigenvalue weighted by Gasteiger charge is 2.20. The van der Waals surface area contributed by atoms with Gasteiger partial charge in [0.1, 0.15) is 30.6 Å². The SMILES string of the molecule is Cc1ccc(F)c(COc2ccc3c(c2)CCC(OCC(=O)O)C3)c1F. The third kappa shape index (κ3) is 4.19. The predicted octanol–water partition coefficient (Wildman–Crippen LogP) is 3.81. The van der Waals surface area contributed by atoms with Gasteiger partial charge >= 0.3 is 5.97 Å². The lowest BCUT2D eigenvalue weighted by molar-refractivity contribution is -0.144. The maximum absolute atomic E-state index is 14.0. The highest BCUT2D eigenvalue weighted by atomic mass is 19.1. The molecule has 0 aliphatic heterocycles. The van der Waals surface area contributed by atoms with Gasteiger partial charge in [-0.05, 0) is 61.1 Å². The van der Waals surface area contributed by atoms with E-state index in [1.54, 1.807) is 13.0 Å². The third-order valence-corrected chi connectivity index (χ3v) is 4.57. The zero-order valence-corrected chi connectivity index (χ0v) is 14.4. The van der Waals surface area contributed by atoms with E-state index in [9.17, 15) is 13.6 Å². The Hall–Kier alpha value is -2.47. The summed E-state index contributed by atoms with van der Waals surface area (Å²) in [5, 5.41) is 8.69. The topological polar surface area (TPSA) is 55.8 Å². The highest BCUT2D eigenvalue weighted by Crippen LogP contribution is 2.28. The van der Waals surface area contributed by atoms with Gasteiger partial charge in [-0.1, -0.05) is 12.1 Å². The largest absolute Gasteiger partial charge is 0.489 e. The van der Waals surface area contributed by atoms with Crippen LogP contribution in [0.2, 0.25) is 0 Å². The summed E-state index contributed by atoms with van der Waals surface area (Å²) < 4.78 is 38.8. The van der Waals surface area contributed by atoms with Crippen LogP contribution in [0.25, 0.3) is 0 Å². The van der Waals surface area contributed by atoms with Gasteiger partial charge in [0, 0.05) is 0 Å². The van der Waals surface area contributed by atoms with Crippen LogP contribution in [0, 0.1) is 18.6 Å². The van der Waals surface area contributed by atoms with E-state index in [0.29, 0.717) is 17.7 Å². The van der Waals surface area contributed by atoms with E-state index in [4.69, 9.17) is 14.6 Å². The zero-order chi connectivity index (χ0) is 18.7. The number of aryl methyl sites for hydroxylation is 2. The van der Waals surface area contributed by atoms with Crippen LogP contribution < -0.4 is 4.74 Å². The normalized spacial score (nSPS) is 16.2. The Labute approximate surface area is 150 Å². The van der Waals surface area contributed by atoms with Gasteiger partial charge in [-0.25, -0.2) is 13.6 Å². The van der Waals surface area contributed by atoms with Gasteiger partial charge in [-0.2, -0.15) is 0 Å². The van der Waals surface area contributed by atoms with Crippen molar-refractivity contribution in [3.05, 3.63) is 64.2 Å². The first-order valence-corrected chi connectivity index (χ1v) is 8.45. The summed E-state index contributed by atoms with van der Waals surface area (Å²) in [5.41, 5.74) is 2.46. The van der Waals surface area contributed by atoms with Crippen LogP contribution in [-0.2, 0) is 29.0 Å². The molecule has 138 valence electrons. The number of hydrogen-bond donors (Lipinski definition) is 1. The van der Waals surface area contributed by atoms with E-state index in [1.807, 2.05) is 12.1 Å². The van der Waals surface area contributed by atoms with E-state index >= 15 is 0 Å². The lowest BCUT2D eigenvalue weighted by Crippen LogP contribution is -2.25. The van der Waals surface area contributed by atoms with Gasteiger partial charge in [0.2, 0.25) is 0 Å². The molecule has 0 saturated heterocycles. The Bertz CT molecular complexity index is 820. The Morgan fingerprint density at radius 3 is 2.81 bits per heavy atom. The van der Waals surface area contributed by atoms with Gasteiger partial charge in [0.05, 0.1) is 11.7 Å². The molecule has 1 N–H and O–H groups in total. The van der Waals surface area contributed by atoms with Crippen LogP contribution in [-0.4, -0.2) is 23.8 Å². The fraction of sp³-hybridized carbons (Fsp3) is 0.350. The van der Waals surface area contributed by atoms with Gasteiger partial charge in [-0.3, -0.25) is 0 Å². The quantitative estimate of drug-likeness (QED) is 0.849. The first-order chi connectivity index (χ1) is 12.4. The van der Waals surface area contributed by atoms with Crippen LogP contribution in [0.4, 0.5) is 8.78 Å². The molecule has 0 radical (unpaired) electrons. The third-order valence-electron chi connectivity index (χ3n) is 4.57. The van der Waals surface area contributed by atoms with Crippen molar-refractivity contribution in [2.45, 2.75) is 38.9 Å². The molecule has 6 heteroatoms. The highest BCUT2D eigenvalue weighted by molar-refractivity contribution is 5.68. The molecule has 1 aliphatic carbocycles. The van der Waals surface area contributed by atoms with Crippen LogP contribution in [0.1, 0.15) is 28.7 Å². The predicted molar refractivity (Wildman–Crippen MR) is 91.3 cm³/mol. The molecule has 0 aromatic heterocycles. The summed E-state index contributed by atoms with van der Waals surface area (Å²) in [6.45, 7) is 1.11. The molecule has 4 nitrogen and oxygen atoms in total. The number of carboxylic acids is 1. The van der Waals surface area contributed by atoms with Crippen molar-refractivity contribution in [1.29, 1.82) is 0 Å². The van der Waals surface area contributed by atoms with Crippen LogP contribution in [0.3, 0.4) is 0 Å². The molecule has 0 fully saturated rings. The van der Waals surface area contributed by atoms with Gasteiger partial charge in [0.15, 0.2) is 0 Å². The lowest BCUT2D eigenvalue weighted by Gasteiger charge is -2.24. The first kappa shape index (κ1) is 18.3. The molecule has 0 saturated carbocycles. The molecule has 0 spiro atoms. The van der Waals surface area contributed by atoms with Crippen molar-refractivity contribution in [2.75, 3.05) is 6.61 Å². The van der Waals surface area contributed by atoms with Crippen molar-refractivity contribution in [2.24, 2.45) is 0 Å². The molecule has 1 atom stereocenters. The van der Waals surface area contributed by atoms with Crippen LogP contribution in [0.5, 0.6) is 5.75 Å². The smallest absolute Gasteiger partial charge is 0.329 e. The second kappa shape index (κ2) is 7.83. The molecule has 3 rings (SSSR count). The maximum atomic E-state index is 14.0. The fourth-order valence-corrected chi connectivity index (χ4v) is 3.12. The molecule has 0 amide bonds. The van der Waals surface area contributed by atoms with E-state index in [1.165, 1.54) is 12.1 Å². The molecule has 2 aromatic carbocycles. The molecule has 0 bridgehead atoms. The Kier molecular flexibility index (Phi) is 5.52. The number of hydrogen-bond acceptors (Lipinski definition) is 3. The number of halogens is 2. The minimum absolute atomic E-state index is 0.0788. The number of carboxylic acid groups (broad SMARTS) is 1. The first-order valence-electron chi connectivity index (χ1n) is 8.45. The van der Waals surface area contributed by atoms with Crippen molar-refractivity contribution < 1.29 is 28.2 Å². The van der Waals surface area contributed by atoms with Crippen LogP contribution >= 0.6 is 0 Å². The monoisotopic (exact) mass is 362 g/mol. The number of benzene rings is 2. The lowest BCUT2D eigenvalue weighted by atomic mass is 9.89. The molecule has 2 aromatic rings. The van der Waals surface area contributed by atoms with Crippen molar-refractivity contribution in [3.63, 3.8) is 0 Å². The average molecular weight is 362 g/mol. The van der Waals surface area contributed by atoms with E-state index in [2.05, 4.69) is 0 Å². The van der Waals surface area contributed by atoms with Crippen molar-refractivity contribution >= 4 is 5.97 Å². The van der Waals surface area contributed by atoms with Crippen molar-refractivity contribution in [1.82, 2.24) is 0 Å². The second-order valence-corrected chi connectivity index (χ2v) is 6.45. The Morgan fingerprint density at radius 1 is 1.23 bits per heavy atom. The van der Waals surface area contributed by atoms with Crippen LogP contribution in [0.15, 0.2) is 30.3 Å². The standard InChI is InChI=1S/C20H20F2O4/c1-12-2-7-18(21)17(20(12)22)10-25-15-5-3-14-9-16(26-11-19(23)24)6-4-13(14)8-15/h2-3,5,7-8,16H,4,6,9-11H2,1H3,(H,23,24). The minimum Gasteiger partial charge on any atom is -0.489 e. The van der Waals surface area contributed by atoms with E-state index in [0.717, 1.165) is 24.0 Å². The average Bonchev–Trinajstić information content (AvgIpc) is 2.63. The molecule has 1 unspecified atom stereocenters. The summed E-state index contributed by atoms with van der Waals surface area (Å²) in [6.07, 6.45) is 2.00. The second-order valence-electron chi connectivity index (χ2n) is 6.45. The maximum Gasteiger partial charge on any atom is 0.329 e. The number of aliphatic carboxylic acids is 1. The summed E-state index contributed by atoms with van der Waals surface area (Å²) in [5.74, 6) is -1.63. The van der Waals surface area contributed by atoms with Crippen molar-refractivity contribution in [3.8, 4) is 5.75 Å². The number of carbonyl (C=O) groups is 1. The summed E-state index contributed by atoms with van der Waals surface area (Å²) in [4.78, 5) is 10.6. The minimum atomic E-state index is -0.977. The zero-order valence-electron chi connectivity index (χ0n) is 14.4. The molecule has 0 heterocycles. The number of rotatable bonds is 6. The molecule has 26 heavy (non-hydrogen) atoms. The van der Waals surface area contributed by atoms with Gasteiger partial charge in [0.25, 0.3) is 0 Å². The van der Waals surface area contributed by atoms with Gasteiger partial charge in [-0.15, -0.1) is 0 Å². The Morgan fingerprint density at radius 2 is 2.04 bits per heavy atom. The fourth-order valence-electron chi connectivity index (χ4n) is 3.12. The Balaban J connectivity index is 1.66. The number of ether oxygens (including phenoxy) is 2. The summed E-state index contributed by atoms with van der Waals surface area (Å²) >= 11 is 0. The molecule has 1 aliphatic rings. The molecular weight excluding hydrogens is 342 g/mol.